The molecule has 0 saturated carbocycles. The second kappa shape index (κ2) is 8.47. The van der Waals surface area contributed by atoms with Gasteiger partial charge >= 0.3 is 6.03 Å². The first-order valence-electron chi connectivity index (χ1n) is 9.51. The predicted molar refractivity (Wildman–Crippen MR) is 99.0 cm³/mol. The Hall–Kier alpha value is -1.89. The summed E-state index contributed by atoms with van der Waals surface area (Å²) in [6, 6.07) is 0.596. The average Bonchev–Trinajstić information content (AvgIpc) is 3.02. The first kappa shape index (κ1) is 17.9. The summed E-state index contributed by atoms with van der Waals surface area (Å²) in [5.41, 5.74) is 1.26. The molecule has 7 heteroatoms. The number of carbonyl (C=O) groups is 1. The summed E-state index contributed by atoms with van der Waals surface area (Å²) in [4.78, 5) is 24.9. The van der Waals surface area contributed by atoms with E-state index < -0.39 is 0 Å². The first-order chi connectivity index (χ1) is 12.2. The van der Waals surface area contributed by atoms with E-state index in [1.807, 2.05) is 18.0 Å². The van der Waals surface area contributed by atoms with Crippen LogP contribution in [0.4, 0.5) is 10.6 Å². The highest BCUT2D eigenvalue weighted by Gasteiger charge is 2.23. The highest BCUT2D eigenvalue weighted by atomic mass is 16.2. The molecule has 0 spiro atoms. The van der Waals surface area contributed by atoms with E-state index in [1.165, 1.54) is 5.56 Å². The second-order valence-corrected chi connectivity index (χ2v) is 6.95. The second-order valence-electron chi connectivity index (χ2n) is 6.95. The van der Waals surface area contributed by atoms with Gasteiger partial charge in [-0.2, -0.15) is 0 Å². The molecule has 0 radical (unpaired) electrons. The van der Waals surface area contributed by atoms with Gasteiger partial charge in [0.1, 0.15) is 11.6 Å². The number of urea groups is 1. The maximum atomic E-state index is 11.5. The summed E-state index contributed by atoms with van der Waals surface area (Å²) in [5, 5.41) is 6.45. The smallest absolute Gasteiger partial charge is 0.317 e. The maximum absolute atomic E-state index is 11.5. The standard InChI is InChI=1S/C18H30N6O/c1-3-4-15-13-21-14(2)22-17(15)23-9-5-16(6-10-23)19-7-11-24-12-8-20-18(24)25/h13,16,19H,3-12H2,1-2H3,(H,20,25). The third-order valence-corrected chi connectivity index (χ3v) is 5.04. The molecule has 138 valence electrons. The van der Waals surface area contributed by atoms with E-state index in [4.69, 9.17) is 4.98 Å². The average molecular weight is 346 g/mol. The number of rotatable bonds is 7. The Balaban J connectivity index is 1.47. The Morgan fingerprint density at radius 2 is 2.12 bits per heavy atom. The van der Waals surface area contributed by atoms with Crippen molar-refractivity contribution in [2.24, 2.45) is 0 Å². The Labute approximate surface area is 150 Å². The Kier molecular flexibility index (Phi) is 6.07. The number of nitrogens with one attached hydrogen (secondary N) is 2. The van der Waals surface area contributed by atoms with Gasteiger partial charge in [0.15, 0.2) is 0 Å². The van der Waals surface area contributed by atoms with Gasteiger partial charge in [-0.05, 0) is 26.2 Å². The van der Waals surface area contributed by atoms with Gasteiger partial charge in [0.05, 0.1) is 0 Å². The number of piperidine rings is 1. The zero-order chi connectivity index (χ0) is 17.6. The minimum atomic E-state index is 0.0687. The number of amides is 2. The van der Waals surface area contributed by atoms with Crippen molar-refractivity contribution >= 4 is 11.8 Å². The van der Waals surface area contributed by atoms with Gasteiger partial charge in [0, 0.05) is 57.1 Å². The maximum Gasteiger partial charge on any atom is 0.317 e. The van der Waals surface area contributed by atoms with E-state index in [0.717, 1.165) is 76.6 Å². The molecule has 0 aromatic carbocycles. The van der Waals surface area contributed by atoms with Crippen molar-refractivity contribution in [1.29, 1.82) is 0 Å². The van der Waals surface area contributed by atoms with Gasteiger partial charge in [-0.15, -0.1) is 0 Å². The van der Waals surface area contributed by atoms with Crippen LogP contribution in [0, 0.1) is 6.92 Å². The van der Waals surface area contributed by atoms with E-state index in [2.05, 4.69) is 27.4 Å². The van der Waals surface area contributed by atoms with Crippen molar-refractivity contribution < 1.29 is 4.79 Å². The quantitative estimate of drug-likeness (QED) is 0.779. The van der Waals surface area contributed by atoms with Gasteiger partial charge in [0.25, 0.3) is 0 Å². The topological polar surface area (TPSA) is 73.4 Å². The molecule has 0 aliphatic carbocycles. The molecule has 2 aliphatic heterocycles. The van der Waals surface area contributed by atoms with E-state index in [9.17, 15) is 4.79 Å². The summed E-state index contributed by atoms with van der Waals surface area (Å²) < 4.78 is 0. The van der Waals surface area contributed by atoms with Gasteiger partial charge in [-0.3, -0.25) is 0 Å². The molecule has 2 amide bonds. The van der Waals surface area contributed by atoms with Crippen LogP contribution < -0.4 is 15.5 Å². The number of aryl methyl sites for hydroxylation is 2. The largest absolute Gasteiger partial charge is 0.356 e. The summed E-state index contributed by atoms with van der Waals surface area (Å²) in [7, 11) is 0. The van der Waals surface area contributed by atoms with E-state index in [-0.39, 0.29) is 6.03 Å². The van der Waals surface area contributed by atoms with Crippen molar-refractivity contribution in [1.82, 2.24) is 25.5 Å². The van der Waals surface area contributed by atoms with Crippen molar-refractivity contribution in [3.8, 4) is 0 Å². The van der Waals surface area contributed by atoms with Crippen LogP contribution in [-0.4, -0.2) is 66.2 Å². The Morgan fingerprint density at radius 1 is 1.32 bits per heavy atom. The molecule has 2 aliphatic rings. The summed E-state index contributed by atoms with van der Waals surface area (Å²) in [6.07, 6.45) is 6.36. The molecule has 2 saturated heterocycles. The highest BCUT2D eigenvalue weighted by molar-refractivity contribution is 5.76. The van der Waals surface area contributed by atoms with Crippen LogP contribution in [0.2, 0.25) is 0 Å². The fourth-order valence-electron chi connectivity index (χ4n) is 3.63. The third-order valence-electron chi connectivity index (χ3n) is 5.04. The molecular weight excluding hydrogens is 316 g/mol. The molecule has 1 aromatic rings. The van der Waals surface area contributed by atoms with Crippen molar-refractivity contribution in [2.45, 2.75) is 45.6 Å². The summed E-state index contributed by atoms with van der Waals surface area (Å²) in [6.45, 7) is 9.46. The molecule has 2 N–H and O–H groups in total. The third kappa shape index (κ3) is 4.60. The SMILES string of the molecule is CCCc1cnc(C)nc1N1CCC(NCCN2CCNC2=O)CC1. The minimum Gasteiger partial charge on any atom is -0.356 e. The van der Waals surface area contributed by atoms with Crippen molar-refractivity contribution in [3.63, 3.8) is 0 Å². The molecule has 2 fully saturated rings. The van der Waals surface area contributed by atoms with Crippen LogP contribution >= 0.6 is 0 Å². The molecular formula is C18H30N6O. The number of nitrogens with zero attached hydrogens (tertiary/aromatic N) is 4. The van der Waals surface area contributed by atoms with Crippen LogP contribution in [0.15, 0.2) is 6.20 Å². The number of anilines is 1. The zero-order valence-electron chi connectivity index (χ0n) is 15.4. The molecule has 0 unspecified atom stereocenters. The normalized spacial score (nSPS) is 18.7. The van der Waals surface area contributed by atoms with Crippen LogP contribution in [0.5, 0.6) is 0 Å². The fraction of sp³-hybridized carbons (Fsp3) is 0.722. The highest BCUT2D eigenvalue weighted by Crippen LogP contribution is 2.23. The molecule has 25 heavy (non-hydrogen) atoms. The predicted octanol–water partition coefficient (Wildman–Crippen LogP) is 1.32. The van der Waals surface area contributed by atoms with E-state index >= 15 is 0 Å². The first-order valence-corrected chi connectivity index (χ1v) is 9.51. The van der Waals surface area contributed by atoms with Gasteiger partial charge < -0.3 is 20.4 Å². The Bertz CT molecular complexity index is 585. The summed E-state index contributed by atoms with van der Waals surface area (Å²) in [5.74, 6) is 1.97. The lowest BCUT2D eigenvalue weighted by molar-refractivity contribution is 0.216. The molecule has 1 aromatic heterocycles. The summed E-state index contributed by atoms with van der Waals surface area (Å²) >= 11 is 0. The Morgan fingerprint density at radius 3 is 2.80 bits per heavy atom. The van der Waals surface area contributed by atoms with Crippen LogP contribution in [0.25, 0.3) is 0 Å². The monoisotopic (exact) mass is 346 g/mol. The van der Waals surface area contributed by atoms with Gasteiger partial charge in [0.2, 0.25) is 0 Å². The fourth-order valence-corrected chi connectivity index (χ4v) is 3.63. The number of hydrogen-bond acceptors (Lipinski definition) is 5. The lowest BCUT2D eigenvalue weighted by Crippen LogP contribution is -2.45. The van der Waals surface area contributed by atoms with Crippen LogP contribution in [0.3, 0.4) is 0 Å². The van der Waals surface area contributed by atoms with Crippen molar-refractivity contribution in [3.05, 3.63) is 17.6 Å². The molecule has 0 atom stereocenters. The molecule has 0 bridgehead atoms. The lowest BCUT2D eigenvalue weighted by atomic mass is 10.0. The van der Waals surface area contributed by atoms with Gasteiger partial charge in [-0.1, -0.05) is 13.3 Å². The molecule has 3 heterocycles. The van der Waals surface area contributed by atoms with Crippen molar-refractivity contribution in [2.75, 3.05) is 44.2 Å². The number of hydrogen-bond donors (Lipinski definition) is 2. The molecule has 3 rings (SSSR count). The van der Waals surface area contributed by atoms with Crippen LogP contribution in [0.1, 0.15) is 37.6 Å². The minimum absolute atomic E-state index is 0.0687. The van der Waals surface area contributed by atoms with E-state index in [0.29, 0.717) is 6.04 Å². The molecule has 7 nitrogen and oxygen atoms in total. The lowest BCUT2D eigenvalue weighted by Gasteiger charge is -2.34. The zero-order valence-corrected chi connectivity index (χ0v) is 15.4. The van der Waals surface area contributed by atoms with E-state index in [1.54, 1.807) is 0 Å². The van der Waals surface area contributed by atoms with Crippen LogP contribution in [-0.2, 0) is 6.42 Å². The number of carbonyl (C=O) groups excluding carboxylic acids is 1. The van der Waals surface area contributed by atoms with Gasteiger partial charge in [-0.25, -0.2) is 14.8 Å². The number of aromatic nitrogens is 2.